The van der Waals surface area contributed by atoms with E-state index in [9.17, 15) is 4.79 Å². The van der Waals surface area contributed by atoms with E-state index in [0.29, 0.717) is 12.0 Å². The van der Waals surface area contributed by atoms with E-state index < -0.39 is 0 Å². The molecule has 2 rings (SSSR count). The number of hydrogen-bond donors (Lipinski definition) is 2. The molecule has 1 atom stereocenters. The second-order valence-corrected chi connectivity index (χ2v) is 5.90. The average Bonchev–Trinajstić information content (AvgIpc) is 3.00. The smallest absolute Gasteiger partial charge is 0.255 e. The number of pyridine rings is 1. The zero-order chi connectivity index (χ0) is 15.2. The van der Waals surface area contributed by atoms with Crippen LogP contribution in [0.1, 0.15) is 43.5 Å². The number of aliphatic hydroxyl groups excluding tert-OH is 1. The van der Waals surface area contributed by atoms with Crippen molar-refractivity contribution in [2.24, 2.45) is 5.92 Å². The molecule has 1 aliphatic rings. The van der Waals surface area contributed by atoms with E-state index in [2.05, 4.69) is 15.2 Å². The highest BCUT2D eigenvalue weighted by Crippen LogP contribution is 2.22. The van der Waals surface area contributed by atoms with E-state index in [4.69, 9.17) is 5.11 Å². The molecule has 1 unspecified atom stereocenters. The Morgan fingerprint density at radius 2 is 2.14 bits per heavy atom. The molecule has 1 fully saturated rings. The van der Waals surface area contributed by atoms with Gasteiger partial charge in [-0.1, -0.05) is 13.8 Å². The van der Waals surface area contributed by atoms with Gasteiger partial charge in [-0.25, -0.2) is 4.98 Å². The second-order valence-electron chi connectivity index (χ2n) is 5.90. The normalized spacial score (nSPS) is 16.3. The molecule has 21 heavy (non-hydrogen) atoms. The Balaban J connectivity index is 2.14. The molecule has 1 aromatic heterocycles. The predicted molar refractivity (Wildman–Crippen MR) is 83.5 cm³/mol. The summed E-state index contributed by atoms with van der Waals surface area (Å²) < 4.78 is 0. The van der Waals surface area contributed by atoms with Gasteiger partial charge in [0.15, 0.2) is 0 Å². The van der Waals surface area contributed by atoms with Gasteiger partial charge >= 0.3 is 0 Å². The highest BCUT2D eigenvalue weighted by atomic mass is 16.3. The maximum absolute atomic E-state index is 12.6. The quantitative estimate of drug-likeness (QED) is 0.839. The topological polar surface area (TPSA) is 65.5 Å². The summed E-state index contributed by atoms with van der Waals surface area (Å²) in [6.07, 6.45) is 4.61. The first-order chi connectivity index (χ1) is 10.1. The Kier molecular flexibility index (Phi) is 5.56. The number of carbonyl (C=O) groups excluding carboxylic acids is 1. The summed E-state index contributed by atoms with van der Waals surface area (Å²) >= 11 is 0. The summed E-state index contributed by atoms with van der Waals surface area (Å²) in [5, 5.41) is 12.2. The van der Waals surface area contributed by atoms with Crippen LogP contribution in [-0.4, -0.2) is 41.7 Å². The minimum absolute atomic E-state index is 0.0193. The van der Waals surface area contributed by atoms with Gasteiger partial charge in [0.1, 0.15) is 5.82 Å². The molecule has 116 valence electrons. The fourth-order valence-electron chi connectivity index (χ4n) is 2.71. The lowest BCUT2D eigenvalue weighted by Gasteiger charge is -2.24. The maximum atomic E-state index is 12.6. The molecule has 1 amide bonds. The lowest BCUT2D eigenvalue weighted by Crippen LogP contribution is -2.40. The Bertz CT molecular complexity index is 470. The van der Waals surface area contributed by atoms with Crippen molar-refractivity contribution in [3.63, 3.8) is 0 Å². The summed E-state index contributed by atoms with van der Waals surface area (Å²) in [5.74, 6) is 0.962. The molecule has 1 aliphatic heterocycles. The Hall–Kier alpha value is -1.62. The fourth-order valence-corrected chi connectivity index (χ4v) is 2.71. The molecule has 1 saturated heterocycles. The highest BCUT2D eigenvalue weighted by molar-refractivity contribution is 5.99. The SMILES string of the molecule is CC(C)C(CCO)NC(=O)c1cccnc1N1CCCC1. The van der Waals surface area contributed by atoms with Gasteiger partial charge in [-0.2, -0.15) is 0 Å². The molecule has 0 aliphatic carbocycles. The standard InChI is InChI=1S/C16H25N3O2/c1-12(2)14(7-11-20)18-16(21)13-6-5-8-17-15(13)19-9-3-4-10-19/h5-6,8,12,14,20H,3-4,7,9-11H2,1-2H3,(H,18,21). The van der Waals surface area contributed by atoms with Crippen LogP contribution in [0, 0.1) is 5.92 Å². The summed E-state index contributed by atoms with van der Waals surface area (Å²) in [6.45, 7) is 6.09. The monoisotopic (exact) mass is 291 g/mol. The summed E-state index contributed by atoms with van der Waals surface area (Å²) in [7, 11) is 0. The van der Waals surface area contributed by atoms with E-state index in [0.717, 1.165) is 31.7 Å². The Morgan fingerprint density at radius 1 is 1.43 bits per heavy atom. The summed E-state index contributed by atoms with van der Waals surface area (Å²) in [6, 6.07) is 3.60. The minimum atomic E-state index is -0.0999. The van der Waals surface area contributed by atoms with Crippen LogP contribution >= 0.6 is 0 Å². The third kappa shape index (κ3) is 3.94. The van der Waals surface area contributed by atoms with E-state index in [1.807, 2.05) is 19.9 Å². The van der Waals surface area contributed by atoms with Crippen molar-refractivity contribution in [1.82, 2.24) is 10.3 Å². The van der Waals surface area contributed by atoms with Gasteiger partial charge in [-0.3, -0.25) is 4.79 Å². The molecule has 0 spiro atoms. The molecular formula is C16H25N3O2. The van der Waals surface area contributed by atoms with Gasteiger partial charge in [0.2, 0.25) is 0 Å². The van der Waals surface area contributed by atoms with Gasteiger partial charge in [0.05, 0.1) is 5.56 Å². The van der Waals surface area contributed by atoms with Crippen LogP contribution in [-0.2, 0) is 0 Å². The first kappa shape index (κ1) is 15.8. The molecule has 0 aromatic carbocycles. The lowest BCUT2D eigenvalue weighted by atomic mass is 10.0. The van der Waals surface area contributed by atoms with Crippen molar-refractivity contribution < 1.29 is 9.90 Å². The average molecular weight is 291 g/mol. The van der Waals surface area contributed by atoms with Crippen LogP contribution in [0.25, 0.3) is 0 Å². The van der Waals surface area contributed by atoms with Crippen LogP contribution < -0.4 is 10.2 Å². The van der Waals surface area contributed by atoms with Gasteiger partial charge in [-0.15, -0.1) is 0 Å². The number of rotatable bonds is 6. The molecule has 2 heterocycles. The lowest BCUT2D eigenvalue weighted by molar-refractivity contribution is 0.0917. The van der Waals surface area contributed by atoms with Gasteiger partial charge in [0, 0.05) is 31.9 Å². The van der Waals surface area contributed by atoms with Crippen LogP contribution in [0.15, 0.2) is 18.3 Å². The van der Waals surface area contributed by atoms with Crippen molar-refractivity contribution in [2.75, 3.05) is 24.6 Å². The first-order valence-electron chi connectivity index (χ1n) is 7.75. The van der Waals surface area contributed by atoms with Crippen LogP contribution in [0.5, 0.6) is 0 Å². The number of anilines is 1. The zero-order valence-electron chi connectivity index (χ0n) is 12.9. The third-order valence-corrected chi connectivity index (χ3v) is 4.00. The molecule has 1 aromatic rings. The van der Waals surface area contributed by atoms with Crippen LogP contribution in [0.2, 0.25) is 0 Å². The number of aromatic nitrogens is 1. The molecule has 0 bridgehead atoms. The van der Waals surface area contributed by atoms with Crippen molar-refractivity contribution in [1.29, 1.82) is 0 Å². The fraction of sp³-hybridized carbons (Fsp3) is 0.625. The molecule has 2 N–H and O–H groups in total. The van der Waals surface area contributed by atoms with E-state index in [-0.39, 0.29) is 24.5 Å². The van der Waals surface area contributed by atoms with Crippen molar-refractivity contribution in [3.8, 4) is 0 Å². The zero-order valence-corrected chi connectivity index (χ0v) is 12.9. The summed E-state index contributed by atoms with van der Waals surface area (Å²) in [5.41, 5.74) is 0.628. The number of carbonyl (C=O) groups is 1. The third-order valence-electron chi connectivity index (χ3n) is 4.00. The number of amides is 1. The summed E-state index contributed by atoms with van der Waals surface area (Å²) in [4.78, 5) is 19.1. The number of hydrogen-bond acceptors (Lipinski definition) is 4. The first-order valence-corrected chi connectivity index (χ1v) is 7.75. The van der Waals surface area contributed by atoms with Gasteiger partial charge < -0.3 is 15.3 Å². The second kappa shape index (κ2) is 7.41. The van der Waals surface area contributed by atoms with E-state index >= 15 is 0 Å². The van der Waals surface area contributed by atoms with E-state index in [1.54, 1.807) is 12.3 Å². The highest BCUT2D eigenvalue weighted by Gasteiger charge is 2.23. The predicted octanol–water partition coefficient (Wildman–Crippen LogP) is 1.82. The van der Waals surface area contributed by atoms with Crippen LogP contribution in [0.4, 0.5) is 5.82 Å². The molecule has 5 heteroatoms. The largest absolute Gasteiger partial charge is 0.396 e. The van der Waals surface area contributed by atoms with Gasteiger partial charge in [-0.05, 0) is 37.3 Å². The Morgan fingerprint density at radius 3 is 2.76 bits per heavy atom. The number of nitrogens with one attached hydrogen (secondary N) is 1. The molecule has 0 radical (unpaired) electrons. The van der Waals surface area contributed by atoms with Crippen molar-refractivity contribution >= 4 is 11.7 Å². The Labute approximate surface area is 126 Å². The molecule has 5 nitrogen and oxygen atoms in total. The van der Waals surface area contributed by atoms with Crippen LogP contribution in [0.3, 0.4) is 0 Å². The minimum Gasteiger partial charge on any atom is -0.396 e. The number of nitrogens with zero attached hydrogens (tertiary/aromatic N) is 2. The number of aliphatic hydroxyl groups is 1. The maximum Gasteiger partial charge on any atom is 0.255 e. The molecular weight excluding hydrogens is 266 g/mol. The molecule has 0 saturated carbocycles. The van der Waals surface area contributed by atoms with Crippen molar-refractivity contribution in [2.45, 2.75) is 39.2 Å². The van der Waals surface area contributed by atoms with Crippen molar-refractivity contribution in [3.05, 3.63) is 23.9 Å². The van der Waals surface area contributed by atoms with E-state index in [1.165, 1.54) is 0 Å². The van der Waals surface area contributed by atoms with Gasteiger partial charge in [0.25, 0.3) is 5.91 Å².